The van der Waals surface area contributed by atoms with Crippen molar-refractivity contribution < 1.29 is 4.74 Å². The maximum Gasteiger partial charge on any atom is 0.158 e. The van der Waals surface area contributed by atoms with Crippen LogP contribution in [-0.2, 0) is 11.3 Å². The summed E-state index contributed by atoms with van der Waals surface area (Å²) in [7, 11) is 0. The first-order chi connectivity index (χ1) is 9.17. The number of ether oxygens (including phenoxy) is 1. The number of nitrogen functional groups attached to an aromatic ring is 1. The van der Waals surface area contributed by atoms with E-state index < -0.39 is 0 Å². The van der Waals surface area contributed by atoms with Gasteiger partial charge in [0.05, 0.1) is 0 Å². The summed E-state index contributed by atoms with van der Waals surface area (Å²) in [6.07, 6.45) is 5.18. The smallest absolute Gasteiger partial charge is 0.158 e. The van der Waals surface area contributed by atoms with Crippen molar-refractivity contribution >= 4 is 11.6 Å². The SMILES string of the molecule is CCOCc1nc(N)cc(NCC2(CC)CCC2)n1. The lowest BCUT2D eigenvalue weighted by Crippen LogP contribution is -2.36. The first-order valence-corrected chi connectivity index (χ1v) is 7.12. The summed E-state index contributed by atoms with van der Waals surface area (Å²) >= 11 is 0. The Balaban J connectivity index is 1.97. The van der Waals surface area contributed by atoms with E-state index >= 15 is 0 Å². The number of hydrogen-bond acceptors (Lipinski definition) is 5. The molecule has 5 heteroatoms. The lowest BCUT2D eigenvalue weighted by Gasteiger charge is -2.41. The summed E-state index contributed by atoms with van der Waals surface area (Å²) in [4.78, 5) is 8.61. The number of nitrogens with one attached hydrogen (secondary N) is 1. The third kappa shape index (κ3) is 3.56. The molecule has 1 aromatic heterocycles. The molecule has 3 N–H and O–H groups in total. The molecule has 0 aliphatic heterocycles. The van der Waals surface area contributed by atoms with Crippen molar-refractivity contribution in [1.82, 2.24) is 9.97 Å². The van der Waals surface area contributed by atoms with Gasteiger partial charge in [-0.15, -0.1) is 0 Å². The van der Waals surface area contributed by atoms with Crippen LogP contribution in [0.2, 0.25) is 0 Å². The molecule has 0 atom stereocenters. The van der Waals surface area contributed by atoms with Gasteiger partial charge in [-0.25, -0.2) is 9.97 Å². The lowest BCUT2D eigenvalue weighted by atomic mass is 9.67. The predicted molar refractivity (Wildman–Crippen MR) is 76.8 cm³/mol. The Labute approximate surface area is 115 Å². The summed E-state index contributed by atoms with van der Waals surface area (Å²) in [5.74, 6) is 1.94. The van der Waals surface area contributed by atoms with Crippen LogP contribution in [0, 0.1) is 5.41 Å². The van der Waals surface area contributed by atoms with Gasteiger partial charge in [0.15, 0.2) is 5.82 Å². The van der Waals surface area contributed by atoms with Crippen LogP contribution in [0.1, 0.15) is 45.4 Å². The van der Waals surface area contributed by atoms with Gasteiger partial charge in [-0.2, -0.15) is 0 Å². The Morgan fingerprint density at radius 3 is 2.74 bits per heavy atom. The van der Waals surface area contributed by atoms with Crippen LogP contribution in [0.4, 0.5) is 11.6 Å². The van der Waals surface area contributed by atoms with Crippen molar-refractivity contribution in [1.29, 1.82) is 0 Å². The summed E-state index contributed by atoms with van der Waals surface area (Å²) < 4.78 is 5.32. The number of hydrogen-bond donors (Lipinski definition) is 2. The minimum absolute atomic E-state index is 0.412. The minimum Gasteiger partial charge on any atom is -0.384 e. The van der Waals surface area contributed by atoms with Crippen LogP contribution < -0.4 is 11.1 Å². The fourth-order valence-electron chi connectivity index (χ4n) is 2.48. The molecule has 0 radical (unpaired) electrons. The van der Waals surface area contributed by atoms with E-state index in [4.69, 9.17) is 10.5 Å². The predicted octanol–water partition coefficient (Wildman–Crippen LogP) is 2.59. The first-order valence-electron chi connectivity index (χ1n) is 7.12. The molecule has 1 aromatic rings. The highest BCUT2D eigenvalue weighted by Crippen LogP contribution is 2.43. The number of aromatic nitrogens is 2. The van der Waals surface area contributed by atoms with Crippen LogP contribution in [-0.4, -0.2) is 23.1 Å². The average molecular weight is 264 g/mol. The molecule has 0 bridgehead atoms. The maximum absolute atomic E-state index is 5.80. The van der Waals surface area contributed by atoms with Crippen LogP contribution in [0.3, 0.4) is 0 Å². The molecular weight excluding hydrogens is 240 g/mol. The van der Waals surface area contributed by atoms with Crippen molar-refractivity contribution in [2.75, 3.05) is 24.2 Å². The minimum atomic E-state index is 0.412. The monoisotopic (exact) mass is 264 g/mol. The van der Waals surface area contributed by atoms with Crippen molar-refractivity contribution in [3.63, 3.8) is 0 Å². The van der Waals surface area contributed by atoms with Gasteiger partial charge in [-0.1, -0.05) is 13.3 Å². The average Bonchev–Trinajstić information content (AvgIpc) is 2.35. The fourth-order valence-corrected chi connectivity index (χ4v) is 2.48. The molecule has 2 rings (SSSR count). The fraction of sp³-hybridized carbons (Fsp3) is 0.714. The molecule has 1 fully saturated rings. The van der Waals surface area contributed by atoms with Gasteiger partial charge in [-0.05, 0) is 31.6 Å². The van der Waals surface area contributed by atoms with Gasteiger partial charge in [0, 0.05) is 19.2 Å². The van der Waals surface area contributed by atoms with E-state index in [9.17, 15) is 0 Å². The molecule has 106 valence electrons. The molecule has 1 aliphatic rings. The van der Waals surface area contributed by atoms with E-state index in [1.165, 1.54) is 25.7 Å². The second-order valence-electron chi connectivity index (χ2n) is 5.29. The first kappa shape index (κ1) is 14.1. The normalized spacial score (nSPS) is 16.9. The molecule has 1 heterocycles. The molecule has 1 saturated carbocycles. The maximum atomic E-state index is 5.80. The number of nitrogens with zero attached hydrogens (tertiary/aromatic N) is 2. The Morgan fingerprint density at radius 2 is 2.16 bits per heavy atom. The topological polar surface area (TPSA) is 73.1 Å². The molecule has 0 unspecified atom stereocenters. The van der Waals surface area contributed by atoms with E-state index in [0.717, 1.165) is 12.4 Å². The van der Waals surface area contributed by atoms with Crippen LogP contribution in [0.15, 0.2) is 6.07 Å². The van der Waals surface area contributed by atoms with Crippen molar-refractivity contribution in [2.24, 2.45) is 5.41 Å². The second-order valence-corrected chi connectivity index (χ2v) is 5.29. The van der Waals surface area contributed by atoms with Crippen LogP contribution in [0.5, 0.6) is 0 Å². The Morgan fingerprint density at radius 1 is 1.37 bits per heavy atom. The van der Waals surface area contributed by atoms with Gasteiger partial charge in [0.1, 0.15) is 18.2 Å². The van der Waals surface area contributed by atoms with Crippen molar-refractivity contribution in [3.05, 3.63) is 11.9 Å². The molecule has 5 nitrogen and oxygen atoms in total. The van der Waals surface area contributed by atoms with Gasteiger partial charge < -0.3 is 15.8 Å². The molecule has 0 amide bonds. The van der Waals surface area contributed by atoms with Gasteiger partial charge in [0.25, 0.3) is 0 Å². The third-order valence-electron chi connectivity index (χ3n) is 4.04. The molecule has 1 aliphatic carbocycles. The van der Waals surface area contributed by atoms with Crippen molar-refractivity contribution in [3.8, 4) is 0 Å². The zero-order valence-electron chi connectivity index (χ0n) is 11.9. The highest BCUT2D eigenvalue weighted by atomic mass is 16.5. The third-order valence-corrected chi connectivity index (χ3v) is 4.04. The molecule has 19 heavy (non-hydrogen) atoms. The van der Waals surface area contributed by atoms with E-state index in [1.54, 1.807) is 6.07 Å². The largest absolute Gasteiger partial charge is 0.384 e. The van der Waals surface area contributed by atoms with Crippen molar-refractivity contribution in [2.45, 2.75) is 46.1 Å². The summed E-state index contributed by atoms with van der Waals surface area (Å²) in [6.45, 7) is 6.24. The van der Waals surface area contributed by atoms with Gasteiger partial charge in [-0.3, -0.25) is 0 Å². The molecular formula is C14H24N4O. The molecule has 0 aromatic carbocycles. The number of rotatable bonds is 7. The Hall–Kier alpha value is -1.36. The zero-order valence-corrected chi connectivity index (χ0v) is 11.9. The standard InChI is InChI=1S/C14H24N4O/c1-3-14(6-5-7-14)10-16-12-8-11(15)17-13(18-12)9-19-4-2/h8H,3-7,9-10H2,1-2H3,(H3,15,16,17,18). The summed E-state index contributed by atoms with van der Waals surface area (Å²) in [5.41, 5.74) is 6.26. The van der Waals surface area contributed by atoms with E-state index in [2.05, 4.69) is 22.2 Å². The van der Waals surface area contributed by atoms with Crippen LogP contribution >= 0.6 is 0 Å². The molecule has 0 spiro atoms. The van der Waals surface area contributed by atoms with E-state index in [-0.39, 0.29) is 0 Å². The Kier molecular flexibility index (Phi) is 4.58. The quantitative estimate of drug-likeness (QED) is 0.792. The number of anilines is 2. The lowest BCUT2D eigenvalue weighted by molar-refractivity contribution is 0.128. The highest BCUT2D eigenvalue weighted by molar-refractivity contribution is 5.44. The molecule has 0 saturated heterocycles. The highest BCUT2D eigenvalue weighted by Gasteiger charge is 2.34. The van der Waals surface area contributed by atoms with E-state index in [0.29, 0.717) is 30.3 Å². The second kappa shape index (κ2) is 6.19. The number of nitrogens with two attached hydrogens (primary N) is 1. The van der Waals surface area contributed by atoms with Gasteiger partial charge >= 0.3 is 0 Å². The summed E-state index contributed by atoms with van der Waals surface area (Å²) in [6, 6.07) is 1.79. The van der Waals surface area contributed by atoms with Crippen LogP contribution in [0.25, 0.3) is 0 Å². The Bertz CT molecular complexity index is 412. The van der Waals surface area contributed by atoms with E-state index in [1.807, 2.05) is 6.92 Å². The summed E-state index contributed by atoms with van der Waals surface area (Å²) in [5, 5.41) is 3.41. The zero-order chi connectivity index (χ0) is 13.7. The van der Waals surface area contributed by atoms with Gasteiger partial charge in [0.2, 0.25) is 0 Å².